The summed E-state index contributed by atoms with van der Waals surface area (Å²) in [6, 6.07) is 7.64. The third kappa shape index (κ3) is 4.78. The molecule has 2 unspecified atom stereocenters. The monoisotopic (exact) mass is 444 g/mol. The number of hydrogen-bond acceptors (Lipinski definition) is 5. The summed E-state index contributed by atoms with van der Waals surface area (Å²) in [5.41, 5.74) is 1.61. The Morgan fingerprint density at radius 3 is 2.58 bits per heavy atom. The molecule has 7 heteroatoms. The summed E-state index contributed by atoms with van der Waals surface area (Å²) < 4.78 is 30.8. The maximum Gasteiger partial charge on any atom is 0.343 e. The van der Waals surface area contributed by atoms with Crippen LogP contribution in [0, 0.1) is 5.92 Å². The minimum absolute atomic E-state index is 0.105. The van der Waals surface area contributed by atoms with Crippen LogP contribution in [-0.4, -0.2) is 13.9 Å². The van der Waals surface area contributed by atoms with Gasteiger partial charge in [0.25, 0.3) is 0 Å². The number of rotatable bonds is 6. The minimum Gasteiger partial charge on any atom is -0.760 e. The molecule has 0 aliphatic heterocycles. The van der Waals surface area contributed by atoms with Crippen molar-refractivity contribution in [3.8, 4) is 5.75 Å². The fourth-order valence-corrected chi connectivity index (χ4v) is 5.32. The largest absolute Gasteiger partial charge is 0.760 e. The van der Waals surface area contributed by atoms with Crippen molar-refractivity contribution in [3.05, 3.63) is 62.7 Å². The number of aromatic hydroxyl groups is 1. The van der Waals surface area contributed by atoms with Crippen molar-refractivity contribution < 1.29 is 18.3 Å². The Balaban J connectivity index is 1.79. The molecule has 2 N–H and O–H groups in total. The van der Waals surface area contributed by atoms with Crippen molar-refractivity contribution in [2.75, 3.05) is 0 Å². The molecule has 0 saturated heterocycles. The summed E-state index contributed by atoms with van der Waals surface area (Å²) in [7, 11) is 0. The Morgan fingerprint density at radius 2 is 1.90 bits per heavy atom. The molecule has 1 heterocycles. The van der Waals surface area contributed by atoms with Crippen LogP contribution in [-0.2, 0) is 29.6 Å². The normalized spacial score (nSPS) is 19.2. The van der Waals surface area contributed by atoms with Gasteiger partial charge in [-0.1, -0.05) is 37.1 Å². The van der Waals surface area contributed by atoms with Crippen molar-refractivity contribution in [3.63, 3.8) is 0 Å². The zero-order chi connectivity index (χ0) is 22.2. The van der Waals surface area contributed by atoms with E-state index in [1.54, 1.807) is 13.8 Å². The lowest BCUT2D eigenvalue weighted by Crippen LogP contribution is -2.37. The lowest BCUT2D eigenvalue weighted by Gasteiger charge is -2.29. The van der Waals surface area contributed by atoms with E-state index in [1.807, 2.05) is 24.3 Å². The van der Waals surface area contributed by atoms with Crippen LogP contribution >= 0.6 is 0 Å². The molecule has 1 fully saturated rings. The average molecular weight is 445 g/mol. The van der Waals surface area contributed by atoms with Crippen LogP contribution in [0.3, 0.4) is 0 Å². The second-order valence-electron chi connectivity index (χ2n) is 9.37. The summed E-state index contributed by atoms with van der Waals surface area (Å²) in [6.45, 7) is 3.59. The van der Waals surface area contributed by atoms with Gasteiger partial charge in [-0.3, -0.25) is 4.21 Å². The average Bonchev–Trinajstić information content (AvgIpc) is 3.51. The van der Waals surface area contributed by atoms with Gasteiger partial charge in [0.05, 0.1) is 5.56 Å². The maximum absolute atomic E-state index is 13.1. The molecule has 2 atom stereocenters. The van der Waals surface area contributed by atoms with Crippen LogP contribution in [0.4, 0.5) is 0 Å². The topological polar surface area (TPSA) is 103 Å². The van der Waals surface area contributed by atoms with E-state index in [4.69, 9.17) is 4.42 Å². The van der Waals surface area contributed by atoms with E-state index in [2.05, 4.69) is 4.72 Å². The van der Waals surface area contributed by atoms with Crippen LogP contribution in [0.25, 0.3) is 0 Å². The highest BCUT2D eigenvalue weighted by Crippen LogP contribution is 2.49. The summed E-state index contributed by atoms with van der Waals surface area (Å²) in [5, 5.41) is 11.2. The molecule has 2 aliphatic carbocycles. The van der Waals surface area contributed by atoms with E-state index >= 15 is 0 Å². The molecule has 2 aromatic rings. The molecule has 1 saturated carbocycles. The van der Waals surface area contributed by atoms with Crippen LogP contribution < -0.4 is 10.3 Å². The van der Waals surface area contributed by atoms with Crippen LogP contribution in [0.2, 0.25) is 0 Å². The molecule has 1 aromatic carbocycles. The molecule has 4 rings (SSSR count). The zero-order valence-corrected chi connectivity index (χ0v) is 18.9. The van der Waals surface area contributed by atoms with E-state index in [1.165, 1.54) is 0 Å². The Kier molecular flexibility index (Phi) is 6.37. The van der Waals surface area contributed by atoms with Gasteiger partial charge in [-0.25, -0.2) is 9.52 Å². The third-order valence-corrected chi connectivity index (χ3v) is 7.28. The van der Waals surface area contributed by atoms with E-state index in [0.717, 1.165) is 61.6 Å². The molecular weight excluding hydrogens is 414 g/mol. The number of benzene rings is 1. The van der Waals surface area contributed by atoms with Gasteiger partial charge in [-0.2, -0.15) is 0 Å². The zero-order valence-electron chi connectivity index (χ0n) is 18.1. The van der Waals surface area contributed by atoms with Crippen LogP contribution in [0.5, 0.6) is 5.75 Å². The molecule has 6 nitrogen and oxygen atoms in total. The van der Waals surface area contributed by atoms with Crippen molar-refractivity contribution in [1.82, 2.24) is 4.72 Å². The number of fused-ring (bicyclic) bond motifs is 1. The lowest BCUT2D eigenvalue weighted by molar-refractivity contribution is 0.382. The number of nitrogens with one attached hydrogen (secondary N) is 1. The first kappa shape index (κ1) is 22.2. The van der Waals surface area contributed by atoms with Gasteiger partial charge in [0.1, 0.15) is 11.5 Å². The summed E-state index contributed by atoms with van der Waals surface area (Å²) in [4.78, 5) is 13.1. The highest BCUT2D eigenvalue weighted by molar-refractivity contribution is 7.77. The molecule has 1 aromatic heterocycles. The van der Waals surface area contributed by atoms with Crippen molar-refractivity contribution in [2.45, 2.75) is 76.7 Å². The summed E-state index contributed by atoms with van der Waals surface area (Å²) in [5.74, 6) is 0.742. The summed E-state index contributed by atoms with van der Waals surface area (Å²) in [6.07, 6.45) is 7.55. The quantitative estimate of drug-likeness (QED) is 0.651. The Bertz CT molecular complexity index is 1040. The number of aryl methyl sites for hydroxylation is 1. The molecule has 31 heavy (non-hydrogen) atoms. The van der Waals surface area contributed by atoms with Crippen LogP contribution in [0.15, 0.2) is 33.5 Å². The van der Waals surface area contributed by atoms with Gasteiger partial charge in [0.2, 0.25) is 0 Å². The predicted molar refractivity (Wildman–Crippen MR) is 119 cm³/mol. The van der Waals surface area contributed by atoms with Gasteiger partial charge >= 0.3 is 5.63 Å². The van der Waals surface area contributed by atoms with E-state index in [9.17, 15) is 18.7 Å². The fraction of sp³-hybridized carbons (Fsp3) is 0.542. The van der Waals surface area contributed by atoms with E-state index < -0.39 is 22.4 Å². The molecule has 0 bridgehead atoms. The fourth-order valence-electron chi connectivity index (χ4n) is 4.79. The van der Waals surface area contributed by atoms with E-state index in [-0.39, 0.29) is 17.6 Å². The first-order valence-corrected chi connectivity index (χ1v) is 12.2. The van der Waals surface area contributed by atoms with Gasteiger partial charge in [-0.15, -0.1) is 0 Å². The molecule has 2 aliphatic rings. The third-order valence-electron chi connectivity index (χ3n) is 6.60. The second-order valence-corrected chi connectivity index (χ2v) is 10.0. The minimum atomic E-state index is -2.40. The standard InChI is InChI=1S/C24H31NO5S/c1-24(2,25-31(28)29)17-9-7-8-16(14-17)20(15-12-13-15)21-22(26)18-10-5-3-4-6-11-19(18)30-23(21)27/h7-9,14-15,20,25-26H,3-6,10-13H2,1-2H3,(H,28,29)/p-1. The molecule has 0 radical (unpaired) electrons. The molecular formula is C24H30NO5S-. The van der Waals surface area contributed by atoms with Crippen molar-refractivity contribution >= 4 is 11.3 Å². The first-order chi connectivity index (χ1) is 14.8. The van der Waals surface area contributed by atoms with Crippen LogP contribution in [0.1, 0.15) is 86.3 Å². The Labute approximate surface area is 185 Å². The Morgan fingerprint density at radius 1 is 1.19 bits per heavy atom. The highest BCUT2D eigenvalue weighted by atomic mass is 32.2. The smallest absolute Gasteiger partial charge is 0.343 e. The molecule has 0 spiro atoms. The maximum atomic E-state index is 13.1. The molecule has 168 valence electrons. The number of hydrogen-bond donors (Lipinski definition) is 2. The van der Waals surface area contributed by atoms with E-state index in [0.29, 0.717) is 17.7 Å². The van der Waals surface area contributed by atoms with Crippen molar-refractivity contribution in [2.24, 2.45) is 5.92 Å². The van der Waals surface area contributed by atoms with Crippen molar-refractivity contribution in [1.29, 1.82) is 0 Å². The SMILES string of the molecule is CC(C)(NS(=O)[O-])c1cccc(C(c2c(O)c3c(oc2=O)CCCCCC3)C2CC2)c1. The lowest BCUT2D eigenvalue weighted by atomic mass is 9.83. The van der Waals surface area contributed by atoms with Gasteiger partial charge in [0, 0.05) is 34.7 Å². The summed E-state index contributed by atoms with van der Waals surface area (Å²) >= 11 is -2.40. The second kappa shape index (κ2) is 8.88. The van der Waals surface area contributed by atoms with Gasteiger partial charge < -0.3 is 14.1 Å². The first-order valence-electron chi connectivity index (χ1n) is 11.1. The predicted octanol–water partition coefficient (Wildman–Crippen LogP) is 4.17. The Hall–Kier alpha value is -1.96. The highest BCUT2D eigenvalue weighted by Gasteiger charge is 2.39. The van der Waals surface area contributed by atoms with Gasteiger partial charge in [-0.05, 0) is 63.0 Å². The molecule has 0 amide bonds. The van der Waals surface area contributed by atoms with Gasteiger partial charge in [0.15, 0.2) is 0 Å².